The summed E-state index contributed by atoms with van der Waals surface area (Å²) >= 11 is 0. The molecule has 20 heavy (non-hydrogen) atoms. The molecule has 0 aromatic heterocycles. The fourth-order valence-electron chi connectivity index (χ4n) is 1.68. The molecule has 9 heteroatoms. The van der Waals surface area contributed by atoms with Crippen molar-refractivity contribution >= 4 is 5.69 Å². The maximum absolute atomic E-state index is 10.8. The number of nitrogens with zero attached hydrogens (tertiary/aromatic N) is 4. The van der Waals surface area contributed by atoms with Gasteiger partial charge in [0.25, 0.3) is 5.69 Å². The van der Waals surface area contributed by atoms with Crippen LogP contribution in [0.1, 0.15) is 23.7 Å². The zero-order valence-corrected chi connectivity index (χ0v) is 10.5. The fraction of sp³-hybridized carbons (Fsp3) is 0.455. The van der Waals surface area contributed by atoms with Gasteiger partial charge in [-0.05, 0) is 23.6 Å². The van der Waals surface area contributed by atoms with E-state index in [9.17, 15) is 20.3 Å². The Morgan fingerprint density at radius 3 is 2.70 bits per heavy atom. The Balaban J connectivity index is 2.92. The van der Waals surface area contributed by atoms with E-state index in [0.717, 1.165) is 6.07 Å². The minimum absolute atomic E-state index is 0.00550. The van der Waals surface area contributed by atoms with Crippen LogP contribution in [0.4, 0.5) is 5.69 Å². The van der Waals surface area contributed by atoms with Gasteiger partial charge >= 0.3 is 0 Å². The van der Waals surface area contributed by atoms with Crippen molar-refractivity contribution in [2.75, 3.05) is 6.54 Å². The molecule has 0 saturated heterocycles. The molecule has 2 atom stereocenters. The number of azide groups is 1. The highest BCUT2D eigenvalue weighted by molar-refractivity contribution is 5.43. The van der Waals surface area contributed by atoms with Gasteiger partial charge in [0.1, 0.15) is 6.10 Å². The van der Waals surface area contributed by atoms with Crippen LogP contribution in [0, 0.1) is 10.1 Å². The van der Waals surface area contributed by atoms with E-state index in [2.05, 4.69) is 10.0 Å². The first-order valence-corrected chi connectivity index (χ1v) is 5.76. The smallest absolute Gasteiger partial charge is 0.275 e. The standard InChI is InChI=1S/C11H14N4O5/c12-14-13-4-3-10(17)11(18)7-1-2-8(6-16)9(5-7)15(19)20/h1-2,5,10-11,16-18H,3-4,6H2. The molecular formula is C11H14N4O5. The van der Waals surface area contributed by atoms with Crippen LogP contribution in [0.3, 0.4) is 0 Å². The molecule has 0 aliphatic carbocycles. The zero-order valence-electron chi connectivity index (χ0n) is 10.5. The molecule has 2 unspecified atom stereocenters. The third-order valence-corrected chi connectivity index (χ3v) is 2.77. The lowest BCUT2D eigenvalue weighted by atomic mass is 10.00. The van der Waals surface area contributed by atoms with E-state index in [1.54, 1.807) is 0 Å². The first-order valence-electron chi connectivity index (χ1n) is 5.76. The van der Waals surface area contributed by atoms with E-state index in [1.165, 1.54) is 12.1 Å². The Kier molecular flexibility index (Phi) is 5.88. The Morgan fingerprint density at radius 1 is 1.45 bits per heavy atom. The lowest BCUT2D eigenvalue weighted by Crippen LogP contribution is -2.19. The first-order chi connectivity index (χ1) is 9.51. The predicted molar refractivity (Wildman–Crippen MR) is 68.6 cm³/mol. The van der Waals surface area contributed by atoms with Gasteiger partial charge in [0.2, 0.25) is 0 Å². The Labute approximate surface area is 113 Å². The van der Waals surface area contributed by atoms with Crippen molar-refractivity contribution in [2.45, 2.75) is 25.2 Å². The zero-order chi connectivity index (χ0) is 15.1. The summed E-state index contributed by atoms with van der Waals surface area (Å²) in [6, 6.07) is 3.81. The molecule has 0 bridgehead atoms. The maximum Gasteiger partial charge on any atom is 0.275 e. The van der Waals surface area contributed by atoms with Crippen molar-refractivity contribution < 1.29 is 20.2 Å². The number of nitro benzene ring substituents is 1. The van der Waals surface area contributed by atoms with Gasteiger partial charge in [-0.25, -0.2) is 0 Å². The normalized spacial score (nSPS) is 13.3. The highest BCUT2D eigenvalue weighted by Crippen LogP contribution is 2.26. The highest BCUT2D eigenvalue weighted by atomic mass is 16.6. The van der Waals surface area contributed by atoms with E-state index >= 15 is 0 Å². The summed E-state index contributed by atoms with van der Waals surface area (Å²) in [5, 5.41) is 42.6. The molecule has 3 N–H and O–H groups in total. The van der Waals surface area contributed by atoms with Crippen molar-refractivity contribution in [3.8, 4) is 0 Å². The largest absolute Gasteiger partial charge is 0.391 e. The lowest BCUT2D eigenvalue weighted by Gasteiger charge is -2.17. The SMILES string of the molecule is [N-]=[N+]=NCCC(O)C(O)c1ccc(CO)c([N+](=O)[O-])c1. The Bertz CT molecular complexity index is 530. The number of aliphatic hydroxyl groups excluding tert-OH is 3. The van der Waals surface area contributed by atoms with Crippen molar-refractivity contribution in [1.29, 1.82) is 0 Å². The van der Waals surface area contributed by atoms with Crippen LogP contribution >= 0.6 is 0 Å². The molecule has 9 nitrogen and oxygen atoms in total. The van der Waals surface area contributed by atoms with Gasteiger partial charge in [-0.15, -0.1) is 0 Å². The van der Waals surface area contributed by atoms with E-state index in [4.69, 9.17) is 10.6 Å². The molecule has 0 amide bonds. The number of aliphatic hydroxyl groups is 3. The van der Waals surface area contributed by atoms with Crippen LogP contribution in [-0.2, 0) is 6.61 Å². The first kappa shape index (κ1) is 15.9. The summed E-state index contributed by atoms with van der Waals surface area (Å²) in [7, 11) is 0. The number of hydrogen-bond donors (Lipinski definition) is 3. The third-order valence-electron chi connectivity index (χ3n) is 2.77. The lowest BCUT2D eigenvalue weighted by molar-refractivity contribution is -0.386. The molecule has 0 fully saturated rings. The van der Waals surface area contributed by atoms with Crippen LogP contribution in [0.25, 0.3) is 10.4 Å². The second-order valence-electron chi connectivity index (χ2n) is 4.06. The van der Waals surface area contributed by atoms with Crippen LogP contribution < -0.4 is 0 Å². The van der Waals surface area contributed by atoms with Gasteiger partial charge in [0, 0.05) is 17.5 Å². The minimum atomic E-state index is -1.34. The van der Waals surface area contributed by atoms with Gasteiger partial charge < -0.3 is 15.3 Å². The quantitative estimate of drug-likeness (QED) is 0.225. The molecule has 0 radical (unpaired) electrons. The Hall–Kier alpha value is -2.19. The van der Waals surface area contributed by atoms with E-state index in [1.807, 2.05) is 0 Å². The monoisotopic (exact) mass is 282 g/mol. The molecule has 1 rings (SSSR count). The molecule has 0 saturated carbocycles. The maximum atomic E-state index is 10.8. The number of rotatable bonds is 7. The number of hydrogen-bond acceptors (Lipinski definition) is 6. The molecule has 0 spiro atoms. The van der Waals surface area contributed by atoms with Gasteiger partial charge in [0.15, 0.2) is 0 Å². The van der Waals surface area contributed by atoms with Gasteiger partial charge in [0.05, 0.1) is 23.2 Å². The summed E-state index contributed by atoms with van der Waals surface area (Å²) in [5.41, 5.74) is 8.05. The van der Waals surface area contributed by atoms with Gasteiger partial charge in [-0.3, -0.25) is 10.1 Å². The molecule has 0 aliphatic heterocycles. The minimum Gasteiger partial charge on any atom is -0.391 e. The second kappa shape index (κ2) is 7.41. The average Bonchev–Trinajstić information content (AvgIpc) is 2.45. The number of nitro groups is 1. The van der Waals surface area contributed by atoms with E-state index in [-0.39, 0.29) is 29.8 Å². The van der Waals surface area contributed by atoms with E-state index < -0.39 is 23.7 Å². The average molecular weight is 282 g/mol. The molecule has 0 heterocycles. The van der Waals surface area contributed by atoms with Crippen molar-refractivity contribution in [2.24, 2.45) is 5.11 Å². The van der Waals surface area contributed by atoms with Crippen molar-refractivity contribution in [3.63, 3.8) is 0 Å². The summed E-state index contributed by atoms with van der Waals surface area (Å²) in [6.07, 6.45) is -2.52. The van der Waals surface area contributed by atoms with Crippen molar-refractivity contribution in [1.82, 2.24) is 0 Å². The van der Waals surface area contributed by atoms with Crippen LogP contribution in [0.2, 0.25) is 0 Å². The van der Waals surface area contributed by atoms with E-state index in [0.29, 0.717) is 0 Å². The summed E-state index contributed by atoms with van der Waals surface area (Å²) < 4.78 is 0. The summed E-state index contributed by atoms with van der Waals surface area (Å²) in [5.74, 6) is 0. The van der Waals surface area contributed by atoms with Crippen LogP contribution in [0.15, 0.2) is 23.3 Å². The Morgan fingerprint density at radius 2 is 2.15 bits per heavy atom. The van der Waals surface area contributed by atoms with Crippen LogP contribution in [-0.4, -0.2) is 32.9 Å². The highest BCUT2D eigenvalue weighted by Gasteiger charge is 2.22. The predicted octanol–water partition coefficient (Wildman–Crippen LogP) is 1.18. The second-order valence-corrected chi connectivity index (χ2v) is 4.06. The molecule has 1 aromatic rings. The fourth-order valence-corrected chi connectivity index (χ4v) is 1.68. The molecular weight excluding hydrogens is 268 g/mol. The van der Waals surface area contributed by atoms with Gasteiger partial charge in [-0.1, -0.05) is 11.2 Å². The number of benzene rings is 1. The summed E-state index contributed by atoms with van der Waals surface area (Å²) in [4.78, 5) is 12.7. The molecule has 1 aromatic carbocycles. The van der Waals surface area contributed by atoms with Crippen LogP contribution in [0.5, 0.6) is 0 Å². The third kappa shape index (κ3) is 3.90. The topological polar surface area (TPSA) is 153 Å². The van der Waals surface area contributed by atoms with Crippen molar-refractivity contribution in [3.05, 3.63) is 49.9 Å². The molecule has 0 aliphatic rings. The molecule has 108 valence electrons. The summed E-state index contributed by atoms with van der Waals surface area (Å²) in [6.45, 7) is -0.488. The van der Waals surface area contributed by atoms with Gasteiger partial charge in [-0.2, -0.15) is 0 Å².